The van der Waals surface area contributed by atoms with E-state index in [-0.39, 0.29) is 5.91 Å². The molecule has 0 atom stereocenters. The van der Waals surface area contributed by atoms with Crippen LogP contribution in [0.4, 0.5) is 17.3 Å². The van der Waals surface area contributed by atoms with Gasteiger partial charge in [-0.25, -0.2) is 4.98 Å². The van der Waals surface area contributed by atoms with Gasteiger partial charge >= 0.3 is 0 Å². The number of piperazine rings is 1. The monoisotopic (exact) mass is 235 g/mol. The SMILES string of the molecule is CC1(C)C(=O)NCCN1c1ccc(N)c(N)n1. The minimum absolute atomic E-state index is 0.0130. The Morgan fingerprint density at radius 1 is 1.41 bits per heavy atom. The summed E-state index contributed by atoms with van der Waals surface area (Å²) in [6.07, 6.45) is 0. The fourth-order valence-corrected chi connectivity index (χ4v) is 1.93. The van der Waals surface area contributed by atoms with Crippen LogP contribution in [-0.2, 0) is 4.79 Å². The summed E-state index contributed by atoms with van der Waals surface area (Å²) in [5.41, 5.74) is 11.1. The van der Waals surface area contributed by atoms with E-state index < -0.39 is 5.54 Å². The fraction of sp³-hybridized carbons (Fsp3) is 0.455. The number of anilines is 3. The summed E-state index contributed by atoms with van der Waals surface area (Å²) in [4.78, 5) is 18.0. The third-order valence-electron chi connectivity index (χ3n) is 3.07. The van der Waals surface area contributed by atoms with Crippen molar-refractivity contribution in [1.29, 1.82) is 0 Å². The molecule has 0 aliphatic carbocycles. The lowest BCUT2D eigenvalue weighted by molar-refractivity contribution is -0.126. The quantitative estimate of drug-likeness (QED) is 0.634. The minimum Gasteiger partial charge on any atom is -0.396 e. The average Bonchev–Trinajstić information content (AvgIpc) is 2.26. The maximum atomic E-state index is 11.8. The van der Waals surface area contributed by atoms with Gasteiger partial charge in [0.05, 0.1) is 5.69 Å². The number of nitrogens with zero attached hydrogens (tertiary/aromatic N) is 2. The van der Waals surface area contributed by atoms with Gasteiger partial charge in [0.2, 0.25) is 5.91 Å². The first-order valence-electron chi connectivity index (χ1n) is 5.51. The molecule has 1 aliphatic heterocycles. The summed E-state index contributed by atoms with van der Waals surface area (Å²) in [7, 11) is 0. The van der Waals surface area contributed by atoms with E-state index in [1.54, 1.807) is 12.1 Å². The van der Waals surface area contributed by atoms with E-state index in [1.807, 2.05) is 18.7 Å². The molecule has 6 heteroatoms. The first-order valence-corrected chi connectivity index (χ1v) is 5.51. The summed E-state index contributed by atoms with van der Waals surface area (Å²) in [5, 5.41) is 2.83. The van der Waals surface area contributed by atoms with E-state index in [1.165, 1.54) is 0 Å². The number of nitrogen functional groups attached to an aromatic ring is 2. The Balaban J connectivity index is 2.38. The van der Waals surface area contributed by atoms with Crippen LogP contribution in [0.15, 0.2) is 12.1 Å². The molecule has 1 amide bonds. The lowest BCUT2D eigenvalue weighted by Gasteiger charge is -2.42. The molecule has 0 aromatic carbocycles. The molecular weight excluding hydrogens is 218 g/mol. The van der Waals surface area contributed by atoms with Crippen LogP contribution < -0.4 is 21.7 Å². The molecule has 0 spiro atoms. The van der Waals surface area contributed by atoms with Gasteiger partial charge in [0, 0.05) is 13.1 Å². The van der Waals surface area contributed by atoms with Crippen LogP contribution in [0.2, 0.25) is 0 Å². The summed E-state index contributed by atoms with van der Waals surface area (Å²) >= 11 is 0. The standard InChI is InChI=1S/C11H17N5O/c1-11(2)10(17)14-5-6-16(11)8-4-3-7(12)9(13)15-8/h3-4H,5-6,12H2,1-2H3,(H2,13,15)(H,14,17). The van der Waals surface area contributed by atoms with Crippen molar-refractivity contribution >= 4 is 23.2 Å². The number of hydrogen-bond acceptors (Lipinski definition) is 5. The highest BCUT2D eigenvalue weighted by atomic mass is 16.2. The molecule has 1 aliphatic rings. The molecular formula is C11H17N5O. The number of carbonyl (C=O) groups is 1. The van der Waals surface area contributed by atoms with Gasteiger partial charge in [-0.1, -0.05) is 0 Å². The van der Waals surface area contributed by atoms with Gasteiger partial charge in [0.15, 0.2) is 0 Å². The normalized spacial score (nSPS) is 18.9. The van der Waals surface area contributed by atoms with E-state index >= 15 is 0 Å². The molecule has 2 heterocycles. The van der Waals surface area contributed by atoms with Crippen molar-refractivity contribution in [3.8, 4) is 0 Å². The zero-order chi connectivity index (χ0) is 12.6. The summed E-state index contributed by atoms with van der Waals surface area (Å²) in [5.74, 6) is 0.960. The molecule has 17 heavy (non-hydrogen) atoms. The van der Waals surface area contributed by atoms with E-state index in [4.69, 9.17) is 11.5 Å². The molecule has 1 aromatic heterocycles. The van der Waals surface area contributed by atoms with Crippen molar-refractivity contribution in [2.24, 2.45) is 0 Å². The Morgan fingerprint density at radius 3 is 2.76 bits per heavy atom. The van der Waals surface area contributed by atoms with Crippen LogP contribution in [0.3, 0.4) is 0 Å². The van der Waals surface area contributed by atoms with E-state index in [2.05, 4.69) is 10.3 Å². The molecule has 0 unspecified atom stereocenters. The highest BCUT2D eigenvalue weighted by Crippen LogP contribution is 2.26. The zero-order valence-corrected chi connectivity index (χ0v) is 10.0. The number of pyridine rings is 1. The summed E-state index contributed by atoms with van der Waals surface area (Å²) < 4.78 is 0. The predicted molar refractivity (Wildman–Crippen MR) is 67.5 cm³/mol. The maximum Gasteiger partial charge on any atom is 0.245 e. The molecule has 1 aromatic rings. The average molecular weight is 235 g/mol. The van der Waals surface area contributed by atoms with E-state index in [9.17, 15) is 4.79 Å². The van der Waals surface area contributed by atoms with Crippen LogP contribution in [0.1, 0.15) is 13.8 Å². The second-order valence-electron chi connectivity index (χ2n) is 4.61. The maximum absolute atomic E-state index is 11.8. The zero-order valence-electron chi connectivity index (χ0n) is 10.0. The van der Waals surface area contributed by atoms with Gasteiger partial charge < -0.3 is 21.7 Å². The van der Waals surface area contributed by atoms with Gasteiger partial charge in [0.25, 0.3) is 0 Å². The molecule has 92 valence electrons. The van der Waals surface area contributed by atoms with Crippen LogP contribution >= 0.6 is 0 Å². The summed E-state index contributed by atoms with van der Waals surface area (Å²) in [6.45, 7) is 5.02. The molecule has 2 rings (SSSR count). The largest absolute Gasteiger partial charge is 0.396 e. The second kappa shape index (κ2) is 3.80. The van der Waals surface area contributed by atoms with Gasteiger partial charge in [-0.2, -0.15) is 0 Å². The first kappa shape index (κ1) is 11.5. The number of hydrogen-bond donors (Lipinski definition) is 3. The molecule has 5 N–H and O–H groups in total. The number of carbonyl (C=O) groups excluding carboxylic acids is 1. The number of aromatic nitrogens is 1. The van der Waals surface area contributed by atoms with Gasteiger partial charge in [-0.05, 0) is 26.0 Å². The highest BCUT2D eigenvalue weighted by molar-refractivity contribution is 5.90. The van der Waals surface area contributed by atoms with Gasteiger partial charge in [-0.3, -0.25) is 4.79 Å². The van der Waals surface area contributed by atoms with Crippen molar-refractivity contribution in [1.82, 2.24) is 10.3 Å². The van der Waals surface area contributed by atoms with E-state index in [0.29, 0.717) is 30.4 Å². The second-order valence-corrected chi connectivity index (χ2v) is 4.61. The van der Waals surface area contributed by atoms with Crippen molar-refractivity contribution in [2.45, 2.75) is 19.4 Å². The smallest absolute Gasteiger partial charge is 0.245 e. The Kier molecular flexibility index (Phi) is 2.57. The van der Waals surface area contributed by atoms with Crippen molar-refractivity contribution < 1.29 is 4.79 Å². The predicted octanol–water partition coefficient (Wildman–Crippen LogP) is -0.0392. The summed E-state index contributed by atoms with van der Waals surface area (Å²) in [6, 6.07) is 3.49. The third-order valence-corrected chi connectivity index (χ3v) is 3.07. The van der Waals surface area contributed by atoms with Gasteiger partial charge in [-0.15, -0.1) is 0 Å². The Hall–Kier alpha value is -1.98. The molecule has 1 saturated heterocycles. The molecule has 0 radical (unpaired) electrons. The number of amides is 1. The number of nitrogens with two attached hydrogens (primary N) is 2. The topological polar surface area (TPSA) is 97.3 Å². The molecule has 1 fully saturated rings. The molecule has 6 nitrogen and oxygen atoms in total. The van der Waals surface area contributed by atoms with Crippen molar-refractivity contribution in [2.75, 3.05) is 29.5 Å². The molecule has 0 bridgehead atoms. The van der Waals surface area contributed by atoms with Crippen LogP contribution in [-0.4, -0.2) is 29.5 Å². The number of nitrogens with one attached hydrogen (secondary N) is 1. The fourth-order valence-electron chi connectivity index (χ4n) is 1.93. The van der Waals surface area contributed by atoms with Crippen molar-refractivity contribution in [3.05, 3.63) is 12.1 Å². The van der Waals surface area contributed by atoms with Crippen molar-refractivity contribution in [3.63, 3.8) is 0 Å². The highest BCUT2D eigenvalue weighted by Gasteiger charge is 2.38. The van der Waals surface area contributed by atoms with Crippen LogP contribution in [0.25, 0.3) is 0 Å². The lowest BCUT2D eigenvalue weighted by Crippen LogP contribution is -2.62. The van der Waals surface area contributed by atoms with E-state index in [0.717, 1.165) is 0 Å². The number of rotatable bonds is 1. The first-order chi connectivity index (χ1) is 7.93. The Morgan fingerprint density at radius 2 is 2.12 bits per heavy atom. The molecule has 0 saturated carbocycles. The lowest BCUT2D eigenvalue weighted by atomic mass is 9.99. The minimum atomic E-state index is -0.631. The van der Waals surface area contributed by atoms with Crippen LogP contribution in [0, 0.1) is 0 Å². The Bertz CT molecular complexity index is 457. The third kappa shape index (κ3) is 1.86. The van der Waals surface area contributed by atoms with Gasteiger partial charge in [0.1, 0.15) is 17.2 Å². The van der Waals surface area contributed by atoms with Crippen LogP contribution in [0.5, 0.6) is 0 Å². The Labute approximate surface area is 100.0 Å².